The summed E-state index contributed by atoms with van der Waals surface area (Å²) in [7, 11) is 0. The molecule has 0 bridgehead atoms. The molecule has 216 valence electrons. The van der Waals surface area contributed by atoms with Crippen molar-refractivity contribution in [3.8, 4) is 55.4 Å². The molecule has 0 radical (unpaired) electrons. The molecule has 3 aromatic heterocycles. The van der Waals surface area contributed by atoms with Crippen LogP contribution in [0.5, 0.6) is 0 Å². The standard InChI is InChI=1S/C42H26N2OS/c1-3-12-27(13-4-1)31-16-11-17-32(26-31)40-37(28-22-24-30(25-23-28)42-44-35-20-9-10-21-36(35)45-42)38-39(29-14-5-2-6-15-29)43-34-19-8-7-18-33(34)41(38)46-40/h1-26H. The van der Waals surface area contributed by atoms with Crippen LogP contribution in [0.4, 0.5) is 0 Å². The van der Waals surface area contributed by atoms with Gasteiger partial charge < -0.3 is 4.42 Å². The largest absolute Gasteiger partial charge is 0.436 e. The molecule has 0 aliphatic rings. The molecule has 0 N–H and O–H groups in total. The number of benzene rings is 6. The molecule has 0 amide bonds. The molecule has 4 heteroatoms. The van der Waals surface area contributed by atoms with Crippen LogP contribution in [0.2, 0.25) is 0 Å². The summed E-state index contributed by atoms with van der Waals surface area (Å²) in [4.78, 5) is 11.3. The zero-order valence-electron chi connectivity index (χ0n) is 24.7. The predicted molar refractivity (Wildman–Crippen MR) is 192 cm³/mol. The summed E-state index contributed by atoms with van der Waals surface area (Å²) in [6, 6.07) is 55.0. The van der Waals surface area contributed by atoms with Gasteiger partial charge in [-0.2, -0.15) is 0 Å². The maximum absolute atomic E-state index is 6.11. The normalized spacial score (nSPS) is 11.5. The van der Waals surface area contributed by atoms with Crippen molar-refractivity contribution in [2.24, 2.45) is 0 Å². The highest BCUT2D eigenvalue weighted by atomic mass is 32.1. The smallest absolute Gasteiger partial charge is 0.227 e. The topological polar surface area (TPSA) is 38.9 Å². The average molecular weight is 607 g/mol. The van der Waals surface area contributed by atoms with E-state index in [2.05, 4.69) is 133 Å². The Morgan fingerprint density at radius 1 is 0.457 bits per heavy atom. The summed E-state index contributed by atoms with van der Waals surface area (Å²) >= 11 is 1.85. The first kappa shape index (κ1) is 26.6. The molecule has 46 heavy (non-hydrogen) atoms. The molecule has 0 unspecified atom stereocenters. The molecule has 3 heterocycles. The third-order valence-corrected chi connectivity index (χ3v) is 9.79. The zero-order valence-corrected chi connectivity index (χ0v) is 25.5. The second kappa shape index (κ2) is 11.0. The van der Waals surface area contributed by atoms with Crippen molar-refractivity contribution in [2.45, 2.75) is 0 Å². The van der Waals surface area contributed by atoms with Gasteiger partial charge in [0.1, 0.15) is 5.52 Å². The molecular weight excluding hydrogens is 581 g/mol. The van der Waals surface area contributed by atoms with Crippen LogP contribution in [-0.4, -0.2) is 9.97 Å². The van der Waals surface area contributed by atoms with E-state index in [-0.39, 0.29) is 0 Å². The van der Waals surface area contributed by atoms with E-state index in [0.29, 0.717) is 5.89 Å². The molecule has 0 fully saturated rings. The predicted octanol–water partition coefficient (Wildman–Crippen LogP) is 11.9. The third kappa shape index (κ3) is 4.50. The van der Waals surface area contributed by atoms with Crippen LogP contribution < -0.4 is 0 Å². The van der Waals surface area contributed by atoms with Gasteiger partial charge in [-0.05, 0) is 58.7 Å². The fourth-order valence-corrected chi connectivity index (χ4v) is 7.67. The fraction of sp³-hybridized carbons (Fsp3) is 0. The van der Waals surface area contributed by atoms with Crippen molar-refractivity contribution < 1.29 is 4.42 Å². The summed E-state index contributed by atoms with van der Waals surface area (Å²) in [5, 5.41) is 2.33. The minimum Gasteiger partial charge on any atom is -0.436 e. The molecule has 0 atom stereocenters. The van der Waals surface area contributed by atoms with E-state index < -0.39 is 0 Å². The Morgan fingerprint density at radius 2 is 1.09 bits per heavy atom. The van der Waals surface area contributed by atoms with Gasteiger partial charge in [0, 0.05) is 37.0 Å². The second-order valence-electron chi connectivity index (χ2n) is 11.4. The number of aromatic nitrogens is 2. The molecule has 0 aliphatic carbocycles. The van der Waals surface area contributed by atoms with Crippen molar-refractivity contribution in [2.75, 3.05) is 0 Å². The van der Waals surface area contributed by atoms with Gasteiger partial charge in [-0.25, -0.2) is 9.97 Å². The van der Waals surface area contributed by atoms with Crippen LogP contribution in [0, 0.1) is 0 Å². The summed E-state index contributed by atoms with van der Waals surface area (Å²) in [5.41, 5.74) is 11.6. The SMILES string of the molecule is c1ccc(-c2cccc(-c3sc4c(c(-c5ccccc5)nc5ccccc54)c3-c3ccc(-c4nc5ccccc5o4)cc3)c2)cc1. The van der Waals surface area contributed by atoms with Gasteiger partial charge in [0.25, 0.3) is 0 Å². The number of hydrogen-bond acceptors (Lipinski definition) is 4. The lowest BCUT2D eigenvalue weighted by atomic mass is 9.93. The molecule has 6 aromatic carbocycles. The third-order valence-electron chi connectivity index (χ3n) is 8.52. The average Bonchev–Trinajstić information content (AvgIpc) is 3.75. The summed E-state index contributed by atoms with van der Waals surface area (Å²) in [5.74, 6) is 0.622. The van der Waals surface area contributed by atoms with E-state index in [4.69, 9.17) is 14.4 Å². The van der Waals surface area contributed by atoms with Gasteiger partial charge in [-0.15, -0.1) is 11.3 Å². The summed E-state index contributed by atoms with van der Waals surface area (Å²) < 4.78 is 7.35. The van der Waals surface area contributed by atoms with Crippen LogP contribution in [-0.2, 0) is 0 Å². The Labute approximate surface area is 270 Å². The molecule has 0 spiro atoms. The molecule has 0 aliphatic heterocycles. The Morgan fingerprint density at radius 3 is 1.87 bits per heavy atom. The van der Waals surface area contributed by atoms with Crippen molar-refractivity contribution >= 4 is 43.4 Å². The summed E-state index contributed by atoms with van der Waals surface area (Å²) in [6.07, 6.45) is 0. The first-order chi connectivity index (χ1) is 22.8. The Kier molecular flexibility index (Phi) is 6.32. The van der Waals surface area contributed by atoms with Crippen molar-refractivity contribution in [1.29, 1.82) is 0 Å². The highest BCUT2D eigenvalue weighted by Gasteiger charge is 2.23. The van der Waals surface area contributed by atoms with E-state index in [1.165, 1.54) is 37.2 Å². The lowest BCUT2D eigenvalue weighted by molar-refractivity contribution is 0.620. The van der Waals surface area contributed by atoms with Crippen molar-refractivity contribution in [1.82, 2.24) is 9.97 Å². The number of fused-ring (bicyclic) bond motifs is 4. The van der Waals surface area contributed by atoms with E-state index in [1.807, 2.05) is 35.6 Å². The molecule has 9 aromatic rings. The minimum absolute atomic E-state index is 0.622. The fourth-order valence-electron chi connectivity index (χ4n) is 6.32. The van der Waals surface area contributed by atoms with Gasteiger partial charge >= 0.3 is 0 Å². The lowest BCUT2D eigenvalue weighted by Crippen LogP contribution is -1.90. The van der Waals surface area contributed by atoms with Crippen molar-refractivity contribution in [3.05, 3.63) is 158 Å². The first-order valence-electron chi connectivity index (χ1n) is 15.3. The maximum Gasteiger partial charge on any atom is 0.227 e. The Bertz CT molecular complexity index is 2480. The second-order valence-corrected chi connectivity index (χ2v) is 12.4. The minimum atomic E-state index is 0.622. The number of hydrogen-bond donors (Lipinski definition) is 0. The van der Waals surface area contributed by atoms with E-state index in [1.54, 1.807) is 0 Å². The summed E-state index contributed by atoms with van der Waals surface area (Å²) in [6.45, 7) is 0. The van der Waals surface area contributed by atoms with Crippen LogP contribution in [0.3, 0.4) is 0 Å². The molecule has 9 rings (SSSR count). The number of para-hydroxylation sites is 3. The van der Waals surface area contributed by atoms with Crippen LogP contribution >= 0.6 is 11.3 Å². The number of thiophene rings is 1. The number of nitrogens with zero attached hydrogens (tertiary/aromatic N) is 2. The molecular formula is C42H26N2OS. The van der Waals surface area contributed by atoms with Crippen LogP contribution in [0.15, 0.2) is 162 Å². The van der Waals surface area contributed by atoms with E-state index in [0.717, 1.165) is 44.4 Å². The number of oxazole rings is 1. The number of rotatable bonds is 5. The highest BCUT2D eigenvalue weighted by molar-refractivity contribution is 7.24. The van der Waals surface area contributed by atoms with Gasteiger partial charge in [-0.3, -0.25) is 0 Å². The monoisotopic (exact) mass is 606 g/mol. The zero-order chi connectivity index (χ0) is 30.5. The first-order valence-corrected chi connectivity index (χ1v) is 16.1. The molecule has 0 saturated heterocycles. The van der Waals surface area contributed by atoms with E-state index in [9.17, 15) is 0 Å². The van der Waals surface area contributed by atoms with Gasteiger partial charge in [-0.1, -0.05) is 121 Å². The molecule has 0 saturated carbocycles. The quantitative estimate of drug-likeness (QED) is 0.196. The maximum atomic E-state index is 6.11. The highest BCUT2D eigenvalue weighted by Crippen LogP contribution is 2.50. The lowest BCUT2D eigenvalue weighted by Gasteiger charge is -2.11. The Hall–Kier alpha value is -5.84. The van der Waals surface area contributed by atoms with Gasteiger partial charge in [0.05, 0.1) is 11.2 Å². The molecule has 3 nitrogen and oxygen atoms in total. The number of pyridine rings is 1. The van der Waals surface area contributed by atoms with Crippen LogP contribution in [0.25, 0.3) is 87.5 Å². The van der Waals surface area contributed by atoms with Gasteiger partial charge in [0.2, 0.25) is 5.89 Å². The van der Waals surface area contributed by atoms with Crippen LogP contribution in [0.1, 0.15) is 0 Å². The van der Waals surface area contributed by atoms with Crippen molar-refractivity contribution in [3.63, 3.8) is 0 Å². The Balaban J connectivity index is 1.32. The van der Waals surface area contributed by atoms with Gasteiger partial charge in [0.15, 0.2) is 5.58 Å². The van der Waals surface area contributed by atoms with E-state index >= 15 is 0 Å².